The third-order valence-corrected chi connectivity index (χ3v) is 20.3. The van der Waals surface area contributed by atoms with E-state index in [4.69, 9.17) is 9.97 Å². The molecule has 10 aromatic carbocycles. The summed E-state index contributed by atoms with van der Waals surface area (Å²) in [5.41, 5.74) is 13.6. The van der Waals surface area contributed by atoms with Gasteiger partial charge in [0.25, 0.3) is 0 Å². The molecule has 4 heterocycles. The molecule has 3 aromatic heterocycles. The van der Waals surface area contributed by atoms with Gasteiger partial charge in [-0.1, -0.05) is 224 Å². The molecule has 0 saturated heterocycles. The number of hydrogen-bond acceptors (Lipinski definition) is 3. The molecular weight excluding hydrogens is 915 g/mol. The molecule has 0 radical (unpaired) electrons. The number of fused-ring (bicyclic) bond motifs is 7. The van der Waals surface area contributed by atoms with Crippen LogP contribution in [0.1, 0.15) is 22.3 Å². The van der Waals surface area contributed by atoms with Gasteiger partial charge in [0.1, 0.15) is 11.5 Å². The molecule has 6 heteroatoms. The molecular formula is C68H49N5Si. The van der Waals surface area contributed by atoms with E-state index in [2.05, 4.69) is 300 Å². The summed E-state index contributed by atoms with van der Waals surface area (Å²) in [4.78, 5) is 13.3. The zero-order valence-electron chi connectivity index (χ0n) is 40.8. The van der Waals surface area contributed by atoms with E-state index in [1.807, 2.05) is 0 Å². The average Bonchev–Trinajstić information content (AvgIpc) is 4.11. The second-order valence-corrected chi connectivity index (χ2v) is 23.1. The Morgan fingerprint density at radius 3 is 1.64 bits per heavy atom. The molecule has 0 aliphatic carbocycles. The summed E-state index contributed by atoms with van der Waals surface area (Å²) in [6, 6.07) is 100. The maximum absolute atomic E-state index is 5.67. The highest BCUT2D eigenvalue weighted by Gasteiger charge is 2.49. The first-order valence-electron chi connectivity index (χ1n) is 25.4. The normalized spacial score (nSPS) is 13.0. The van der Waals surface area contributed by atoms with Crippen molar-refractivity contribution >= 4 is 78.9 Å². The molecule has 350 valence electrons. The van der Waals surface area contributed by atoms with Gasteiger partial charge in [-0.2, -0.15) is 0 Å². The fourth-order valence-electron chi connectivity index (χ4n) is 12.5. The standard InChI is InChI=1S/C68H49N5Si/c1-71-62-44-22-19-41-59(62)70-66(71)48-25-23-37-55(45-48)74(53-33-13-5-14-34-53,54-35-15-6-16-36-54)56-38-24-32-52(46-56)73-60-42-20-17-39-57(60)64-65-63(47-69-67(64)73)72(51-30-11-4-12-31-51)61-43-21-18-40-58(61)68(65,49-26-7-2-8-27-49)50-28-9-3-10-29-50/h2-47H,1H3. The van der Waals surface area contributed by atoms with Crippen molar-refractivity contribution in [1.29, 1.82) is 0 Å². The SMILES string of the molecule is Cn1c(-c2cccc([Si](c3ccccc3)(c3ccccc3)c3cccc(-n4c5ccccc5c5c6c(cnc54)N(c4ccccc4)c4ccccc4C6(c4ccccc4)c4ccccc4)c3)c2)nc2ccccc21. The first-order valence-corrected chi connectivity index (χ1v) is 27.4. The van der Waals surface area contributed by atoms with Gasteiger partial charge in [-0.05, 0) is 86.0 Å². The summed E-state index contributed by atoms with van der Waals surface area (Å²) < 4.78 is 4.65. The van der Waals surface area contributed by atoms with Crippen LogP contribution in [0.2, 0.25) is 0 Å². The first-order chi connectivity index (χ1) is 36.7. The minimum absolute atomic E-state index is 0.732. The van der Waals surface area contributed by atoms with E-state index in [1.165, 1.54) is 43.0 Å². The lowest BCUT2D eigenvalue weighted by Gasteiger charge is -2.46. The number of aryl methyl sites for hydroxylation is 1. The van der Waals surface area contributed by atoms with Crippen LogP contribution in [-0.2, 0) is 12.5 Å². The summed E-state index contributed by atoms with van der Waals surface area (Å²) in [6.07, 6.45) is 2.14. The maximum Gasteiger partial charge on any atom is 0.179 e. The first kappa shape index (κ1) is 43.4. The molecule has 0 N–H and O–H groups in total. The van der Waals surface area contributed by atoms with Gasteiger partial charge < -0.3 is 9.47 Å². The van der Waals surface area contributed by atoms with Crippen LogP contribution in [0.3, 0.4) is 0 Å². The molecule has 1 aliphatic rings. The summed E-state index contributed by atoms with van der Waals surface area (Å²) >= 11 is 0. The van der Waals surface area contributed by atoms with Crippen LogP contribution in [-0.4, -0.2) is 27.2 Å². The highest BCUT2D eigenvalue weighted by atomic mass is 28.3. The minimum Gasteiger partial charge on any atom is -0.327 e. The van der Waals surface area contributed by atoms with Crippen LogP contribution in [0.25, 0.3) is 50.0 Å². The molecule has 0 atom stereocenters. The summed E-state index contributed by atoms with van der Waals surface area (Å²) in [5.74, 6) is 0.945. The number of rotatable bonds is 9. The quantitative estimate of drug-likeness (QED) is 0.107. The van der Waals surface area contributed by atoms with E-state index in [1.54, 1.807) is 0 Å². The fraction of sp³-hybridized carbons (Fsp3) is 0.0294. The Morgan fingerprint density at radius 1 is 0.432 bits per heavy atom. The van der Waals surface area contributed by atoms with Crippen LogP contribution in [0.15, 0.2) is 279 Å². The van der Waals surface area contributed by atoms with Crippen molar-refractivity contribution in [1.82, 2.24) is 19.1 Å². The predicted octanol–water partition coefficient (Wildman–Crippen LogP) is 13.3. The molecule has 74 heavy (non-hydrogen) atoms. The Morgan fingerprint density at radius 2 is 0.959 bits per heavy atom. The Kier molecular flexibility index (Phi) is 10.2. The van der Waals surface area contributed by atoms with Gasteiger partial charge in [0.05, 0.1) is 39.5 Å². The van der Waals surface area contributed by atoms with E-state index < -0.39 is 13.5 Å². The van der Waals surface area contributed by atoms with Crippen molar-refractivity contribution in [2.75, 3.05) is 4.90 Å². The predicted molar refractivity (Wildman–Crippen MR) is 308 cm³/mol. The van der Waals surface area contributed by atoms with E-state index >= 15 is 0 Å². The highest BCUT2D eigenvalue weighted by molar-refractivity contribution is 7.20. The van der Waals surface area contributed by atoms with Crippen molar-refractivity contribution in [2.45, 2.75) is 5.41 Å². The maximum atomic E-state index is 5.67. The number of pyridine rings is 1. The lowest BCUT2D eigenvalue weighted by Crippen LogP contribution is -2.74. The van der Waals surface area contributed by atoms with Crippen molar-refractivity contribution in [2.24, 2.45) is 7.05 Å². The average molecular weight is 964 g/mol. The van der Waals surface area contributed by atoms with Crippen LogP contribution >= 0.6 is 0 Å². The van der Waals surface area contributed by atoms with Gasteiger partial charge >= 0.3 is 0 Å². The van der Waals surface area contributed by atoms with Crippen LogP contribution in [0.5, 0.6) is 0 Å². The molecule has 0 amide bonds. The van der Waals surface area contributed by atoms with Crippen molar-refractivity contribution in [3.63, 3.8) is 0 Å². The topological polar surface area (TPSA) is 38.9 Å². The van der Waals surface area contributed by atoms with Gasteiger partial charge in [0.2, 0.25) is 0 Å². The molecule has 5 nitrogen and oxygen atoms in total. The van der Waals surface area contributed by atoms with E-state index in [0.29, 0.717) is 0 Å². The minimum atomic E-state index is -3.10. The zero-order chi connectivity index (χ0) is 49.2. The van der Waals surface area contributed by atoms with Gasteiger partial charge in [-0.25, -0.2) is 9.97 Å². The molecule has 0 saturated carbocycles. The number of nitrogens with zero attached hydrogens (tertiary/aromatic N) is 5. The molecule has 0 spiro atoms. The van der Waals surface area contributed by atoms with E-state index in [9.17, 15) is 0 Å². The summed E-state index contributed by atoms with van der Waals surface area (Å²) in [7, 11) is -0.974. The Labute approximate surface area is 431 Å². The number of para-hydroxylation sites is 5. The monoisotopic (exact) mass is 963 g/mol. The molecule has 13 aromatic rings. The van der Waals surface area contributed by atoms with Gasteiger partial charge in [-0.15, -0.1) is 0 Å². The van der Waals surface area contributed by atoms with E-state index in [-0.39, 0.29) is 0 Å². The highest BCUT2D eigenvalue weighted by Crippen LogP contribution is 2.60. The van der Waals surface area contributed by atoms with Gasteiger partial charge in [0.15, 0.2) is 8.07 Å². The number of anilines is 3. The second kappa shape index (κ2) is 17.4. The van der Waals surface area contributed by atoms with Gasteiger partial charge in [-0.3, -0.25) is 4.57 Å². The number of hydrogen-bond donors (Lipinski definition) is 0. The second-order valence-electron chi connectivity index (χ2n) is 19.3. The summed E-state index contributed by atoms with van der Waals surface area (Å²) in [5, 5.41) is 7.42. The van der Waals surface area contributed by atoms with Crippen molar-refractivity contribution in [3.05, 3.63) is 301 Å². The van der Waals surface area contributed by atoms with Gasteiger partial charge in [0, 0.05) is 40.3 Å². The molecule has 0 fully saturated rings. The Hall–Kier alpha value is -9.36. The Balaban J connectivity index is 1.08. The largest absolute Gasteiger partial charge is 0.327 e. The lowest BCUT2D eigenvalue weighted by molar-refractivity contribution is 0.737. The zero-order valence-corrected chi connectivity index (χ0v) is 41.8. The molecule has 14 rings (SSSR count). The van der Waals surface area contributed by atoms with Crippen molar-refractivity contribution in [3.8, 4) is 17.1 Å². The van der Waals surface area contributed by atoms with Crippen LogP contribution in [0, 0.1) is 0 Å². The smallest absolute Gasteiger partial charge is 0.179 e. The van der Waals surface area contributed by atoms with Crippen LogP contribution < -0.4 is 25.6 Å². The Bertz CT molecular complexity index is 4130. The number of imidazole rings is 1. The van der Waals surface area contributed by atoms with E-state index in [0.717, 1.165) is 67.1 Å². The third-order valence-electron chi connectivity index (χ3n) is 15.5. The summed E-state index contributed by atoms with van der Waals surface area (Å²) in [6.45, 7) is 0. The fourth-order valence-corrected chi connectivity index (χ4v) is 17.3. The number of aromatic nitrogens is 4. The van der Waals surface area contributed by atoms with Crippen molar-refractivity contribution < 1.29 is 0 Å². The molecule has 0 bridgehead atoms. The molecule has 1 aliphatic heterocycles. The molecule has 0 unspecified atom stereocenters. The lowest BCUT2D eigenvalue weighted by atomic mass is 9.62. The van der Waals surface area contributed by atoms with Crippen LogP contribution in [0.4, 0.5) is 17.1 Å². The number of benzene rings is 10. The third kappa shape index (κ3) is 6.41.